The van der Waals surface area contributed by atoms with Crippen molar-refractivity contribution in [1.29, 1.82) is 0 Å². The zero-order chi connectivity index (χ0) is 10.8. The van der Waals surface area contributed by atoms with Crippen molar-refractivity contribution in [1.82, 2.24) is 0 Å². The van der Waals surface area contributed by atoms with E-state index in [0.29, 0.717) is 6.42 Å². The summed E-state index contributed by atoms with van der Waals surface area (Å²) in [6.45, 7) is 2.25. The van der Waals surface area contributed by atoms with Crippen molar-refractivity contribution < 1.29 is 14.3 Å². The summed E-state index contributed by atoms with van der Waals surface area (Å²) in [7, 11) is 0. The molecule has 15 heavy (non-hydrogen) atoms. The summed E-state index contributed by atoms with van der Waals surface area (Å²) in [6, 6.07) is 1.93. The van der Waals surface area contributed by atoms with Gasteiger partial charge in [0.1, 0.15) is 6.29 Å². The van der Waals surface area contributed by atoms with Crippen LogP contribution in [0.15, 0.2) is 10.5 Å². The van der Waals surface area contributed by atoms with Gasteiger partial charge < -0.3 is 14.3 Å². The zero-order valence-electron chi connectivity index (χ0n) is 8.38. The summed E-state index contributed by atoms with van der Waals surface area (Å²) < 4.78 is 11.7. The maximum atomic E-state index is 10.3. The Morgan fingerprint density at radius 3 is 3.07 bits per heavy atom. The van der Waals surface area contributed by atoms with Gasteiger partial charge in [-0.2, -0.15) is 0 Å². The van der Waals surface area contributed by atoms with Crippen LogP contribution in [0.5, 0.6) is 11.5 Å². The maximum Gasteiger partial charge on any atom is 0.231 e. The lowest BCUT2D eigenvalue weighted by molar-refractivity contribution is -0.107. The molecule has 0 bridgehead atoms. The average molecular weight is 271 g/mol. The third-order valence-corrected chi connectivity index (χ3v) is 3.53. The molecule has 1 aliphatic rings. The van der Waals surface area contributed by atoms with Crippen molar-refractivity contribution in [3.05, 3.63) is 21.7 Å². The van der Waals surface area contributed by atoms with Crippen LogP contribution >= 0.6 is 15.9 Å². The minimum atomic E-state index is 0.278. The molecule has 3 nitrogen and oxygen atoms in total. The van der Waals surface area contributed by atoms with Gasteiger partial charge >= 0.3 is 0 Å². The van der Waals surface area contributed by atoms with Crippen molar-refractivity contribution in [2.45, 2.75) is 19.8 Å². The van der Waals surface area contributed by atoms with Gasteiger partial charge in [-0.3, -0.25) is 0 Å². The number of fused-ring (bicyclic) bond motifs is 1. The van der Waals surface area contributed by atoms with Crippen LogP contribution in [0.1, 0.15) is 17.5 Å². The SMILES string of the molecule is Cc1c(Br)c(CCC=O)cc2c1OCO2. The van der Waals surface area contributed by atoms with Gasteiger partial charge in [0.2, 0.25) is 6.79 Å². The number of halogens is 1. The molecule has 2 rings (SSSR count). The second kappa shape index (κ2) is 4.23. The molecule has 80 valence electrons. The number of hydrogen-bond acceptors (Lipinski definition) is 3. The summed E-state index contributed by atoms with van der Waals surface area (Å²) in [5.41, 5.74) is 2.12. The highest BCUT2D eigenvalue weighted by Crippen LogP contribution is 2.41. The number of aryl methyl sites for hydroxylation is 1. The Morgan fingerprint density at radius 1 is 1.53 bits per heavy atom. The van der Waals surface area contributed by atoms with E-state index in [1.165, 1.54) is 0 Å². The second-order valence-corrected chi connectivity index (χ2v) is 4.21. The maximum absolute atomic E-state index is 10.3. The van der Waals surface area contributed by atoms with Crippen molar-refractivity contribution in [2.24, 2.45) is 0 Å². The lowest BCUT2D eigenvalue weighted by Crippen LogP contribution is -1.93. The summed E-state index contributed by atoms with van der Waals surface area (Å²) in [6.07, 6.45) is 2.17. The highest BCUT2D eigenvalue weighted by Gasteiger charge is 2.20. The van der Waals surface area contributed by atoms with E-state index in [9.17, 15) is 4.79 Å². The average Bonchev–Trinajstić information content (AvgIpc) is 2.69. The topological polar surface area (TPSA) is 35.5 Å². The normalized spacial score (nSPS) is 12.9. The van der Waals surface area contributed by atoms with E-state index < -0.39 is 0 Å². The van der Waals surface area contributed by atoms with Crippen LogP contribution in [-0.4, -0.2) is 13.1 Å². The van der Waals surface area contributed by atoms with Gasteiger partial charge in [0, 0.05) is 16.5 Å². The highest BCUT2D eigenvalue weighted by molar-refractivity contribution is 9.10. The highest BCUT2D eigenvalue weighted by atomic mass is 79.9. The van der Waals surface area contributed by atoms with Crippen LogP contribution in [-0.2, 0) is 11.2 Å². The fourth-order valence-electron chi connectivity index (χ4n) is 1.65. The molecule has 0 amide bonds. The molecule has 0 aromatic heterocycles. The smallest absolute Gasteiger partial charge is 0.231 e. The monoisotopic (exact) mass is 270 g/mol. The first-order valence-corrected chi connectivity index (χ1v) is 5.54. The first-order chi connectivity index (χ1) is 7.24. The van der Waals surface area contributed by atoms with Gasteiger partial charge in [-0.25, -0.2) is 0 Å². The van der Waals surface area contributed by atoms with Gasteiger partial charge in [0.15, 0.2) is 11.5 Å². The Balaban J connectivity index is 2.39. The molecular weight excluding hydrogens is 260 g/mol. The number of hydrogen-bond donors (Lipinski definition) is 0. The van der Waals surface area contributed by atoms with Crippen molar-refractivity contribution in [2.75, 3.05) is 6.79 Å². The molecule has 0 radical (unpaired) electrons. The van der Waals surface area contributed by atoms with Gasteiger partial charge in [0.05, 0.1) is 0 Å². The van der Waals surface area contributed by atoms with Gasteiger partial charge in [-0.1, -0.05) is 15.9 Å². The molecule has 4 heteroatoms. The molecule has 0 N–H and O–H groups in total. The Hall–Kier alpha value is -1.03. The molecule has 0 aliphatic carbocycles. The van der Waals surface area contributed by atoms with Crippen LogP contribution in [0.2, 0.25) is 0 Å². The van der Waals surface area contributed by atoms with Gasteiger partial charge in [-0.05, 0) is 25.0 Å². The van der Waals surface area contributed by atoms with Crippen molar-refractivity contribution in [3.63, 3.8) is 0 Å². The van der Waals surface area contributed by atoms with E-state index in [-0.39, 0.29) is 6.79 Å². The quantitative estimate of drug-likeness (QED) is 0.793. The van der Waals surface area contributed by atoms with Crippen LogP contribution in [0.25, 0.3) is 0 Å². The molecular formula is C11H11BrO3. The second-order valence-electron chi connectivity index (χ2n) is 3.41. The fraction of sp³-hybridized carbons (Fsp3) is 0.364. The summed E-state index contributed by atoms with van der Waals surface area (Å²) >= 11 is 3.51. The fourth-order valence-corrected chi connectivity index (χ4v) is 2.14. The van der Waals surface area contributed by atoms with E-state index in [2.05, 4.69) is 15.9 Å². The number of ether oxygens (including phenoxy) is 2. The minimum absolute atomic E-state index is 0.278. The molecule has 1 aromatic carbocycles. The molecule has 0 atom stereocenters. The Bertz CT molecular complexity index is 401. The van der Waals surface area contributed by atoms with Crippen LogP contribution in [0.3, 0.4) is 0 Å². The van der Waals surface area contributed by atoms with E-state index in [1.807, 2.05) is 13.0 Å². The summed E-state index contributed by atoms with van der Waals surface area (Å²) in [5, 5.41) is 0. The third-order valence-electron chi connectivity index (χ3n) is 2.43. The Labute approximate surface area is 96.5 Å². The molecule has 1 heterocycles. The summed E-state index contributed by atoms with van der Waals surface area (Å²) in [5.74, 6) is 1.58. The lowest BCUT2D eigenvalue weighted by atomic mass is 10.1. The lowest BCUT2D eigenvalue weighted by Gasteiger charge is -2.08. The molecule has 1 aromatic rings. The third kappa shape index (κ3) is 1.86. The molecule has 0 unspecified atom stereocenters. The van der Waals surface area contributed by atoms with Crippen LogP contribution in [0, 0.1) is 6.92 Å². The largest absolute Gasteiger partial charge is 0.454 e. The van der Waals surface area contributed by atoms with E-state index in [4.69, 9.17) is 9.47 Å². The summed E-state index contributed by atoms with van der Waals surface area (Å²) in [4.78, 5) is 10.3. The van der Waals surface area contributed by atoms with Crippen LogP contribution in [0.4, 0.5) is 0 Å². The predicted octanol–water partition coefficient (Wildman–Crippen LogP) is 2.62. The van der Waals surface area contributed by atoms with Gasteiger partial charge in [-0.15, -0.1) is 0 Å². The number of benzene rings is 1. The van der Waals surface area contributed by atoms with Crippen molar-refractivity contribution in [3.8, 4) is 11.5 Å². The standard InChI is InChI=1S/C11H11BrO3/c1-7-10(12)8(3-2-4-13)5-9-11(7)15-6-14-9/h4-5H,2-3,6H2,1H3. The van der Waals surface area contributed by atoms with E-state index in [1.54, 1.807) is 0 Å². The number of aldehydes is 1. The molecule has 0 fully saturated rings. The molecule has 0 saturated heterocycles. The first-order valence-electron chi connectivity index (χ1n) is 4.75. The Morgan fingerprint density at radius 2 is 2.33 bits per heavy atom. The minimum Gasteiger partial charge on any atom is -0.454 e. The van der Waals surface area contributed by atoms with Crippen molar-refractivity contribution >= 4 is 22.2 Å². The molecule has 0 spiro atoms. The predicted molar refractivity (Wildman–Crippen MR) is 59.4 cm³/mol. The van der Waals surface area contributed by atoms with Crippen LogP contribution < -0.4 is 9.47 Å². The number of carbonyl (C=O) groups excluding carboxylic acids is 1. The molecule has 0 saturated carbocycles. The Kier molecular flexibility index (Phi) is 2.95. The zero-order valence-corrected chi connectivity index (χ0v) is 9.96. The first kappa shape index (κ1) is 10.5. The van der Waals surface area contributed by atoms with E-state index >= 15 is 0 Å². The molecule has 1 aliphatic heterocycles. The number of carbonyl (C=O) groups is 1. The van der Waals surface area contributed by atoms with E-state index in [0.717, 1.165) is 39.8 Å². The number of rotatable bonds is 3. The van der Waals surface area contributed by atoms with Gasteiger partial charge in [0.25, 0.3) is 0 Å².